The standard InChI is InChI=1S/C32H38Br2N2O8/c1-3-23(37)43-15-11-7-5-9-13-35-29(39)19-17-22(34)28-26-20(18-21(33)27(25(19)26)31(35)41)30(40)36(32(28)42)14-10-6-8-12-16-44-24(38)4-2/h17-18,31,41H,3-16H2,1-2H3. The minimum absolute atomic E-state index is 0.224. The van der Waals surface area contributed by atoms with Crippen molar-refractivity contribution in [2.45, 2.75) is 84.3 Å². The van der Waals surface area contributed by atoms with Gasteiger partial charge in [0, 0.05) is 62.3 Å². The normalized spacial score (nSPS) is 15.8. The predicted octanol–water partition coefficient (Wildman–Crippen LogP) is 6.43. The Kier molecular flexibility index (Phi) is 12.0. The molecule has 0 saturated carbocycles. The van der Waals surface area contributed by atoms with Gasteiger partial charge in [-0.05, 0) is 66.6 Å². The minimum atomic E-state index is -1.25. The highest BCUT2D eigenvalue weighted by Crippen LogP contribution is 2.46. The van der Waals surface area contributed by atoms with E-state index in [9.17, 15) is 29.1 Å². The molecule has 0 bridgehead atoms. The van der Waals surface area contributed by atoms with Crippen molar-refractivity contribution >= 4 is 72.3 Å². The number of imide groups is 1. The number of aliphatic hydroxyl groups excluding tert-OH is 1. The Morgan fingerprint density at radius 2 is 1.25 bits per heavy atom. The Balaban J connectivity index is 1.47. The topological polar surface area (TPSA) is 131 Å². The molecule has 238 valence electrons. The number of carbonyl (C=O) groups excluding carboxylic acids is 5. The van der Waals surface area contributed by atoms with Gasteiger partial charge in [0.25, 0.3) is 17.7 Å². The molecule has 2 aromatic carbocycles. The first-order valence-corrected chi connectivity index (χ1v) is 16.9. The van der Waals surface area contributed by atoms with E-state index in [1.54, 1.807) is 26.0 Å². The molecule has 3 amide bonds. The second-order valence-corrected chi connectivity index (χ2v) is 12.7. The number of hydrogen-bond acceptors (Lipinski definition) is 8. The first kappa shape index (κ1) is 34.1. The van der Waals surface area contributed by atoms with Gasteiger partial charge in [-0.2, -0.15) is 0 Å². The molecule has 12 heteroatoms. The molecule has 44 heavy (non-hydrogen) atoms. The third kappa shape index (κ3) is 7.18. The summed E-state index contributed by atoms with van der Waals surface area (Å²) in [6, 6.07) is 3.25. The van der Waals surface area contributed by atoms with Gasteiger partial charge in [0.05, 0.1) is 18.8 Å². The van der Waals surface area contributed by atoms with Gasteiger partial charge in [-0.25, -0.2) is 0 Å². The number of ether oxygens (including phenoxy) is 2. The lowest BCUT2D eigenvalue weighted by molar-refractivity contribution is -0.144. The number of hydrogen-bond donors (Lipinski definition) is 1. The van der Waals surface area contributed by atoms with Crippen LogP contribution in [-0.4, -0.2) is 70.9 Å². The Hall–Kier alpha value is -2.83. The minimum Gasteiger partial charge on any atom is -0.466 e. The molecule has 2 heterocycles. The van der Waals surface area contributed by atoms with Crippen molar-refractivity contribution < 1.29 is 38.6 Å². The van der Waals surface area contributed by atoms with Crippen LogP contribution in [0.3, 0.4) is 0 Å². The highest BCUT2D eigenvalue weighted by atomic mass is 79.9. The fraction of sp³-hybridized carbons (Fsp3) is 0.531. The zero-order valence-electron chi connectivity index (χ0n) is 25.1. The molecule has 2 aliphatic heterocycles. The van der Waals surface area contributed by atoms with Gasteiger partial charge in [0.15, 0.2) is 6.23 Å². The SMILES string of the molecule is CCC(=O)OCCCCCCN1C(=O)c2cc(Br)c3c4c(cc(Br)c(c24)C1=O)C(=O)N(CCCCCCOC(=O)CC)C3O. The smallest absolute Gasteiger partial charge is 0.305 e. The lowest BCUT2D eigenvalue weighted by Crippen LogP contribution is -2.43. The molecule has 0 radical (unpaired) electrons. The molecule has 0 fully saturated rings. The number of aliphatic hydroxyl groups is 1. The van der Waals surface area contributed by atoms with Gasteiger partial charge >= 0.3 is 11.9 Å². The number of carbonyl (C=O) groups is 5. The lowest BCUT2D eigenvalue weighted by atomic mass is 9.85. The summed E-state index contributed by atoms with van der Waals surface area (Å²) in [5, 5.41) is 12.2. The number of amides is 3. The van der Waals surface area contributed by atoms with E-state index in [4.69, 9.17) is 9.47 Å². The summed E-state index contributed by atoms with van der Waals surface area (Å²) < 4.78 is 11.1. The van der Waals surface area contributed by atoms with E-state index in [0.717, 1.165) is 32.1 Å². The van der Waals surface area contributed by atoms with Crippen molar-refractivity contribution in [3.8, 4) is 0 Å². The first-order valence-electron chi connectivity index (χ1n) is 15.3. The fourth-order valence-electron chi connectivity index (χ4n) is 5.65. The van der Waals surface area contributed by atoms with Crippen LogP contribution in [0.4, 0.5) is 0 Å². The Labute approximate surface area is 273 Å². The van der Waals surface area contributed by atoms with Crippen molar-refractivity contribution in [2.75, 3.05) is 26.3 Å². The zero-order chi connectivity index (χ0) is 32.0. The van der Waals surface area contributed by atoms with Crippen molar-refractivity contribution in [2.24, 2.45) is 0 Å². The molecular formula is C32H38Br2N2O8. The van der Waals surface area contributed by atoms with Gasteiger partial charge < -0.3 is 19.5 Å². The summed E-state index contributed by atoms with van der Waals surface area (Å²) in [5.41, 5.74) is 1.38. The molecule has 2 aromatic rings. The van der Waals surface area contributed by atoms with Crippen LogP contribution in [0.2, 0.25) is 0 Å². The summed E-state index contributed by atoms with van der Waals surface area (Å²) in [5.74, 6) is -1.71. The number of halogens is 2. The van der Waals surface area contributed by atoms with Crippen molar-refractivity contribution in [1.82, 2.24) is 9.80 Å². The van der Waals surface area contributed by atoms with E-state index in [1.165, 1.54) is 9.80 Å². The quantitative estimate of drug-likeness (QED) is 0.119. The maximum atomic E-state index is 13.7. The average Bonchev–Trinajstić information content (AvgIpc) is 3.00. The zero-order valence-corrected chi connectivity index (χ0v) is 28.3. The Morgan fingerprint density at radius 1 is 0.727 bits per heavy atom. The third-order valence-electron chi connectivity index (χ3n) is 8.00. The maximum absolute atomic E-state index is 13.7. The Bertz CT molecular complexity index is 1460. The van der Waals surface area contributed by atoms with Gasteiger partial charge in [-0.3, -0.25) is 28.9 Å². The largest absolute Gasteiger partial charge is 0.466 e. The number of benzene rings is 2. The number of esters is 2. The van der Waals surface area contributed by atoms with Gasteiger partial charge in [0.1, 0.15) is 0 Å². The monoisotopic (exact) mass is 736 g/mol. The second kappa shape index (κ2) is 15.4. The number of rotatable bonds is 16. The van der Waals surface area contributed by atoms with Crippen LogP contribution >= 0.6 is 31.9 Å². The van der Waals surface area contributed by atoms with E-state index in [-0.39, 0.29) is 24.4 Å². The van der Waals surface area contributed by atoms with Gasteiger partial charge in [0.2, 0.25) is 0 Å². The summed E-state index contributed by atoms with van der Waals surface area (Å²) >= 11 is 7.05. The van der Waals surface area contributed by atoms with E-state index >= 15 is 0 Å². The lowest BCUT2D eigenvalue weighted by Gasteiger charge is -2.37. The van der Waals surface area contributed by atoms with E-state index in [2.05, 4.69) is 31.9 Å². The fourth-order valence-corrected chi connectivity index (χ4v) is 6.88. The van der Waals surface area contributed by atoms with Crippen LogP contribution in [0.1, 0.15) is 121 Å². The van der Waals surface area contributed by atoms with Crippen LogP contribution < -0.4 is 0 Å². The van der Waals surface area contributed by atoms with Crippen LogP contribution in [0, 0.1) is 0 Å². The van der Waals surface area contributed by atoms with Crippen molar-refractivity contribution in [1.29, 1.82) is 0 Å². The molecule has 1 N–H and O–H groups in total. The van der Waals surface area contributed by atoms with E-state index in [0.29, 0.717) is 93.8 Å². The van der Waals surface area contributed by atoms with Crippen LogP contribution in [0.5, 0.6) is 0 Å². The molecule has 2 aliphatic rings. The van der Waals surface area contributed by atoms with Crippen molar-refractivity contribution in [3.63, 3.8) is 0 Å². The molecule has 0 spiro atoms. The molecule has 1 unspecified atom stereocenters. The second-order valence-electron chi connectivity index (χ2n) is 11.0. The van der Waals surface area contributed by atoms with Crippen LogP contribution in [0.15, 0.2) is 21.1 Å². The number of nitrogens with zero attached hydrogens (tertiary/aromatic N) is 2. The molecule has 0 aliphatic carbocycles. The van der Waals surface area contributed by atoms with Gasteiger partial charge in [-0.15, -0.1) is 0 Å². The maximum Gasteiger partial charge on any atom is 0.305 e. The Morgan fingerprint density at radius 3 is 1.84 bits per heavy atom. The third-order valence-corrected chi connectivity index (χ3v) is 9.28. The van der Waals surface area contributed by atoms with Gasteiger partial charge in [-0.1, -0.05) is 42.6 Å². The predicted molar refractivity (Wildman–Crippen MR) is 170 cm³/mol. The summed E-state index contributed by atoms with van der Waals surface area (Å²) in [6.45, 7) is 4.77. The first-order chi connectivity index (χ1) is 21.1. The number of unbranched alkanes of at least 4 members (excludes halogenated alkanes) is 6. The highest BCUT2D eigenvalue weighted by molar-refractivity contribution is 9.10. The van der Waals surface area contributed by atoms with Crippen LogP contribution in [0.25, 0.3) is 10.8 Å². The summed E-state index contributed by atoms with van der Waals surface area (Å²) in [7, 11) is 0. The summed E-state index contributed by atoms with van der Waals surface area (Å²) in [4.78, 5) is 66.2. The van der Waals surface area contributed by atoms with Crippen LogP contribution in [-0.2, 0) is 19.1 Å². The molecule has 10 nitrogen and oxygen atoms in total. The summed E-state index contributed by atoms with van der Waals surface area (Å²) in [6.07, 6.45) is 5.28. The van der Waals surface area contributed by atoms with Crippen molar-refractivity contribution in [3.05, 3.63) is 43.3 Å². The average molecular weight is 738 g/mol. The van der Waals surface area contributed by atoms with E-state index in [1.807, 2.05) is 0 Å². The molecular weight excluding hydrogens is 700 g/mol. The molecule has 0 aromatic heterocycles. The van der Waals surface area contributed by atoms with E-state index < -0.39 is 18.0 Å². The molecule has 1 atom stereocenters. The highest BCUT2D eigenvalue weighted by Gasteiger charge is 2.41. The molecule has 0 saturated heterocycles. The molecule has 4 rings (SSSR count).